The molecule has 0 bridgehead atoms. The molecule has 1 aromatic carbocycles. The monoisotopic (exact) mass is 452 g/mol. The first-order valence-electron chi connectivity index (χ1n) is 9.83. The van der Waals surface area contributed by atoms with Gasteiger partial charge in [-0.2, -0.15) is 4.31 Å². The van der Waals surface area contributed by atoms with E-state index in [2.05, 4.69) is 4.98 Å². The number of benzene rings is 1. The Balaban J connectivity index is 1.93. The van der Waals surface area contributed by atoms with Crippen molar-refractivity contribution in [2.45, 2.75) is 37.7 Å². The number of aromatic nitrogens is 1. The summed E-state index contributed by atoms with van der Waals surface area (Å²) in [6, 6.07) is 4.45. The quantitative estimate of drug-likeness (QED) is 0.488. The highest BCUT2D eigenvalue weighted by Crippen LogP contribution is 2.24. The summed E-state index contributed by atoms with van der Waals surface area (Å²) >= 11 is 0. The topological polar surface area (TPSA) is 106 Å². The highest BCUT2D eigenvalue weighted by molar-refractivity contribution is 7.89. The van der Waals surface area contributed by atoms with Gasteiger partial charge in [-0.15, -0.1) is 0 Å². The summed E-state index contributed by atoms with van der Waals surface area (Å²) in [6.07, 6.45) is 1.15. The number of carbonyl (C=O) groups excluding carboxylic acids is 2. The molecule has 1 N–H and O–H groups in total. The molecular weight excluding hydrogens is 427 g/mol. The summed E-state index contributed by atoms with van der Waals surface area (Å²) in [7, 11) is -2.85. The normalized spacial score (nSPS) is 16.6. The number of H-pyrrole nitrogens is 1. The van der Waals surface area contributed by atoms with Crippen LogP contribution < -0.4 is 0 Å². The van der Waals surface area contributed by atoms with Gasteiger partial charge in [-0.25, -0.2) is 17.6 Å². The number of sulfonamides is 1. The lowest BCUT2D eigenvalue weighted by Crippen LogP contribution is -2.41. The molecule has 1 saturated heterocycles. The predicted molar refractivity (Wildman–Crippen MR) is 110 cm³/mol. The van der Waals surface area contributed by atoms with Crippen molar-refractivity contribution in [1.82, 2.24) is 9.29 Å². The lowest BCUT2D eigenvalue weighted by Gasteiger charge is -2.24. The summed E-state index contributed by atoms with van der Waals surface area (Å²) in [6.45, 7) is 3.31. The first-order valence-corrected chi connectivity index (χ1v) is 11.3. The number of halogens is 1. The van der Waals surface area contributed by atoms with Crippen LogP contribution in [-0.4, -0.2) is 62.4 Å². The molecule has 1 aromatic heterocycles. The smallest absolute Gasteiger partial charge is 0.354 e. The van der Waals surface area contributed by atoms with Gasteiger partial charge in [0.15, 0.2) is 5.78 Å². The van der Waals surface area contributed by atoms with Crippen LogP contribution in [0.25, 0.3) is 0 Å². The molecule has 2 heterocycles. The van der Waals surface area contributed by atoms with Gasteiger partial charge in [0.1, 0.15) is 11.5 Å². The Hall–Kier alpha value is -2.56. The number of aryl methyl sites for hydroxylation is 1. The van der Waals surface area contributed by atoms with Crippen LogP contribution in [0.5, 0.6) is 0 Å². The molecule has 8 nitrogen and oxygen atoms in total. The second-order valence-electron chi connectivity index (χ2n) is 7.43. The van der Waals surface area contributed by atoms with Gasteiger partial charge in [0.25, 0.3) is 0 Å². The first-order chi connectivity index (χ1) is 14.6. The number of rotatable bonds is 8. The molecular formula is C21H25FN2O6S. The summed E-state index contributed by atoms with van der Waals surface area (Å²) in [5.74, 6) is -1.64. The summed E-state index contributed by atoms with van der Waals surface area (Å²) in [5, 5.41) is 0. The SMILES string of the molecule is COC(=O)c1[nH]c(C)c(C(=O)CN(C[C@H]2CCCO2)S(=O)(=O)c2ccc(F)cc2)c1C. The Morgan fingerprint density at radius 1 is 1.26 bits per heavy atom. The van der Waals surface area contributed by atoms with Crippen molar-refractivity contribution >= 4 is 21.8 Å². The van der Waals surface area contributed by atoms with Gasteiger partial charge in [0, 0.05) is 24.4 Å². The van der Waals surface area contributed by atoms with Crippen LogP contribution in [0.4, 0.5) is 4.39 Å². The van der Waals surface area contributed by atoms with E-state index >= 15 is 0 Å². The number of nitrogens with zero attached hydrogens (tertiary/aromatic N) is 1. The molecule has 31 heavy (non-hydrogen) atoms. The first kappa shape index (κ1) is 23.1. The Kier molecular flexibility index (Phi) is 6.93. The number of methoxy groups -OCH3 is 1. The third kappa shape index (κ3) is 4.86. The minimum Gasteiger partial charge on any atom is -0.464 e. The summed E-state index contributed by atoms with van der Waals surface area (Å²) in [4.78, 5) is 27.8. The van der Waals surface area contributed by atoms with Crippen molar-refractivity contribution in [1.29, 1.82) is 0 Å². The van der Waals surface area contributed by atoms with Crippen molar-refractivity contribution in [3.63, 3.8) is 0 Å². The number of esters is 1. The molecule has 0 unspecified atom stereocenters. The number of hydrogen-bond acceptors (Lipinski definition) is 6. The van der Waals surface area contributed by atoms with Crippen LogP contribution in [0.1, 0.15) is 44.9 Å². The molecule has 0 radical (unpaired) electrons. The molecule has 1 aliphatic heterocycles. The van der Waals surface area contributed by atoms with E-state index in [1.165, 1.54) is 19.2 Å². The number of ether oxygens (including phenoxy) is 2. The molecule has 1 atom stereocenters. The number of carbonyl (C=O) groups is 2. The molecule has 0 aliphatic carbocycles. The van der Waals surface area contributed by atoms with Crippen LogP contribution in [0.2, 0.25) is 0 Å². The lowest BCUT2D eigenvalue weighted by molar-refractivity contribution is 0.0593. The van der Waals surface area contributed by atoms with Crippen LogP contribution in [0.3, 0.4) is 0 Å². The van der Waals surface area contributed by atoms with E-state index in [0.717, 1.165) is 22.9 Å². The zero-order chi connectivity index (χ0) is 22.8. The van der Waals surface area contributed by atoms with Crippen molar-refractivity contribution < 1.29 is 31.9 Å². The van der Waals surface area contributed by atoms with Crippen LogP contribution in [0.15, 0.2) is 29.2 Å². The minimum absolute atomic E-state index is 0.00216. The van der Waals surface area contributed by atoms with Crippen molar-refractivity contribution in [3.8, 4) is 0 Å². The van der Waals surface area contributed by atoms with Crippen LogP contribution in [-0.2, 0) is 19.5 Å². The molecule has 2 aromatic rings. The average Bonchev–Trinajstić information content (AvgIpc) is 3.34. The average molecular weight is 453 g/mol. The van der Waals surface area contributed by atoms with E-state index in [-0.39, 0.29) is 28.8 Å². The maximum Gasteiger partial charge on any atom is 0.354 e. The molecule has 10 heteroatoms. The van der Waals surface area contributed by atoms with E-state index in [0.29, 0.717) is 24.3 Å². The molecule has 1 aliphatic rings. The van der Waals surface area contributed by atoms with E-state index in [9.17, 15) is 22.4 Å². The van der Waals surface area contributed by atoms with E-state index in [1.807, 2.05) is 0 Å². The molecule has 0 spiro atoms. The predicted octanol–water partition coefficient (Wildman–Crippen LogP) is 2.61. The van der Waals surface area contributed by atoms with Gasteiger partial charge in [-0.1, -0.05) is 0 Å². The molecule has 1 fully saturated rings. The maximum absolute atomic E-state index is 13.3. The number of nitrogens with one attached hydrogen (secondary N) is 1. The number of aromatic amines is 1. The van der Waals surface area contributed by atoms with Gasteiger partial charge in [-0.3, -0.25) is 4.79 Å². The fraction of sp³-hybridized carbons (Fsp3) is 0.429. The van der Waals surface area contributed by atoms with E-state index in [1.54, 1.807) is 13.8 Å². The second kappa shape index (κ2) is 9.29. The third-order valence-electron chi connectivity index (χ3n) is 5.31. The van der Waals surface area contributed by atoms with Crippen molar-refractivity contribution in [2.24, 2.45) is 0 Å². The maximum atomic E-state index is 13.3. The molecule has 0 amide bonds. The molecule has 0 saturated carbocycles. The van der Waals surface area contributed by atoms with E-state index in [4.69, 9.17) is 9.47 Å². The Morgan fingerprint density at radius 3 is 2.52 bits per heavy atom. The zero-order valence-corrected chi connectivity index (χ0v) is 18.4. The fourth-order valence-electron chi connectivity index (χ4n) is 3.73. The largest absolute Gasteiger partial charge is 0.464 e. The molecule has 168 valence electrons. The second-order valence-corrected chi connectivity index (χ2v) is 9.36. The van der Waals surface area contributed by atoms with Crippen LogP contribution >= 0.6 is 0 Å². The van der Waals surface area contributed by atoms with Crippen molar-refractivity contribution in [3.05, 3.63) is 52.6 Å². The van der Waals surface area contributed by atoms with Gasteiger partial charge in [-0.05, 0) is 56.5 Å². The Morgan fingerprint density at radius 2 is 1.94 bits per heavy atom. The highest BCUT2D eigenvalue weighted by atomic mass is 32.2. The minimum atomic E-state index is -4.08. The number of ketones is 1. The van der Waals surface area contributed by atoms with Gasteiger partial charge < -0.3 is 14.5 Å². The third-order valence-corrected chi connectivity index (χ3v) is 7.13. The van der Waals surface area contributed by atoms with Crippen molar-refractivity contribution in [2.75, 3.05) is 26.8 Å². The standard InChI is InChI=1S/C21H25FN2O6S/c1-13-19(14(2)23-20(13)21(26)29-3)18(25)12-24(11-16-5-4-10-30-16)31(27,28)17-8-6-15(22)7-9-17/h6-9,16,23H,4-5,10-12H2,1-3H3/t16-/m1/s1. The zero-order valence-electron chi connectivity index (χ0n) is 17.6. The van der Waals surface area contributed by atoms with Gasteiger partial charge in [0.05, 0.1) is 24.7 Å². The summed E-state index contributed by atoms with van der Waals surface area (Å²) in [5.41, 5.74) is 1.23. The van der Waals surface area contributed by atoms with Gasteiger partial charge >= 0.3 is 5.97 Å². The van der Waals surface area contributed by atoms with E-state index < -0.39 is 34.1 Å². The van der Waals surface area contributed by atoms with Gasteiger partial charge in [0.2, 0.25) is 10.0 Å². The highest BCUT2D eigenvalue weighted by Gasteiger charge is 2.32. The summed E-state index contributed by atoms with van der Waals surface area (Å²) < 4.78 is 51.1. The Labute approximate surface area is 180 Å². The lowest BCUT2D eigenvalue weighted by atomic mass is 10.1. The number of Topliss-reactive ketones (excluding diaryl/α,β-unsaturated/α-hetero) is 1. The molecule has 3 rings (SSSR count). The van der Waals surface area contributed by atoms with Crippen LogP contribution in [0, 0.1) is 19.7 Å². The number of hydrogen-bond donors (Lipinski definition) is 1. The Bertz CT molecular complexity index is 1070. The fourth-order valence-corrected chi connectivity index (χ4v) is 5.16.